The molecular weight excluding hydrogens is 348 g/mol. The third kappa shape index (κ3) is 5.97. The van der Waals surface area contributed by atoms with Crippen LogP contribution in [-0.4, -0.2) is 30.4 Å². The van der Waals surface area contributed by atoms with E-state index in [-0.39, 0.29) is 12.4 Å². The van der Waals surface area contributed by atoms with E-state index >= 15 is 0 Å². The Morgan fingerprint density at radius 3 is 2.48 bits per heavy atom. The van der Waals surface area contributed by atoms with Crippen LogP contribution in [0.5, 0.6) is 5.75 Å². The number of benzene rings is 2. The molecule has 0 spiro atoms. The van der Waals surface area contributed by atoms with Gasteiger partial charge in [0.2, 0.25) is 0 Å². The van der Waals surface area contributed by atoms with E-state index < -0.39 is 18.0 Å². The molecule has 0 fully saturated rings. The van der Waals surface area contributed by atoms with Gasteiger partial charge in [-0.3, -0.25) is 9.59 Å². The molecule has 1 atom stereocenters. The van der Waals surface area contributed by atoms with Crippen LogP contribution >= 0.6 is 0 Å². The maximum atomic E-state index is 12.1. The summed E-state index contributed by atoms with van der Waals surface area (Å²) in [6.07, 6.45) is -1.04. The van der Waals surface area contributed by atoms with Crippen molar-refractivity contribution in [2.75, 3.05) is 11.9 Å². The van der Waals surface area contributed by atoms with Gasteiger partial charge in [0.25, 0.3) is 5.91 Å². The average Bonchev–Trinajstić information content (AvgIpc) is 2.66. The van der Waals surface area contributed by atoms with Crippen molar-refractivity contribution >= 4 is 23.3 Å². The summed E-state index contributed by atoms with van der Waals surface area (Å²) in [6.45, 7) is 2.51. The minimum Gasteiger partial charge on any atom is -0.482 e. The number of amides is 1. The largest absolute Gasteiger partial charge is 0.482 e. The molecule has 0 bridgehead atoms. The first-order valence-corrected chi connectivity index (χ1v) is 8.13. The predicted molar refractivity (Wildman–Crippen MR) is 97.3 cm³/mol. The van der Waals surface area contributed by atoms with Gasteiger partial charge in [-0.1, -0.05) is 6.07 Å². The van der Waals surface area contributed by atoms with Crippen LogP contribution in [0.2, 0.25) is 0 Å². The lowest BCUT2D eigenvalue weighted by atomic mass is 10.1. The van der Waals surface area contributed by atoms with Crippen LogP contribution in [0.4, 0.5) is 5.69 Å². The van der Waals surface area contributed by atoms with E-state index in [9.17, 15) is 14.4 Å². The van der Waals surface area contributed by atoms with E-state index in [0.29, 0.717) is 22.6 Å². The number of nitrogens with zero attached hydrogens (tertiary/aromatic N) is 1. The zero-order valence-corrected chi connectivity index (χ0v) is 14.9. The quantitative estimate of drug-likeness (QED) is 0.597. The summed E-state index contributed by atoms with van der Waals surface area (Å²) >= 11 is 0. The highest BCUT2D eigenvalue weighted by atomic mass is 16.6. The molecule has 1 N–H and O–H groups in total. The molecule has 0 radical (unpaired) electrons. The molecule has 0 aliphatic rings. The summed E-state index contributed by atoms with van der Waals surface area (Å²) in [5, 5.41) is 11.4. The van der Waals surface area contributed by atoms with Crippen molar-refractivity contribution in [2.45, 2.75) is 20.0 Å². The van der Waals surface area contributed by atoms with Crippen LogP contribution in [-0.2, 0) is 14.3 Å². The monoisotopic (exact) mass is 366 g/mol. The summed E-state index contributed by atoms with van der Waals surface area (Å²) < 4.78 is 10.3. The van der Waals surface area contributed by atoms with E-state index in [1.54, 1.807) is 42.5 Å². The summed E-state index contributed by atoms with van der Waals surface area (Å²) in [6, 6.07) is 14.7. The van der Waals surface area contributed by atoms with Gasteiger partial charge in [-0.05, 0) is 56.3 Å². The molecule has 7 nitrogen and oxygen atoms in total. The van der Waals surface area contributed by atoms with Crippen molar-refractivity contribution in [1.29, 1.82) is 5.26 Å². The van der Waals surface area contributed by atoms with Gasteiger partial charge >= 0.3 is 5.97 Å². The number of hydrogen-bond donors (Lipinski definition) is 1. The number of anilines is 1. The van der Waals surface area contributed by atoms with Crippen LogP contribution in [0.1, 0.15) is 29.8 Å². The van der Waals surface area contributed by atoms with Gasteiger partial charge < -0.3 is 14.8 Å². The molecule has 0 aliphatic heterocycles. The number of nitrogens with one attached hydrogen (secondary N) is 1. The van der Waals surface area contributed by atoms with Gasteiger partial charge in [0.15, 0.2) is 18.5 Å². The number of ketones is 1. The normalized spacial score (nSPS) is 11.0. The second-order valence-electron chi connectivity index (χ2n) is 5.68. The van der Waals surface area contributed by atoms with Crippen LogP contribution in [0, 0.1) is 11.3 Å². The Kier molecular flexibility index (Phi) is 6.67. The topological polar surface area (TPSA) is 105 Å². The zero-order valence-electron chi connectivity index (χ0n) is 14.9. The second-order valence-corrected chi connectivity index (χ2v) is 5.68. The molecular formula is C20H18N2O5. The minimum absolute atomic E-state index is 0.0684. The Bertz CT molecular complexity index is 884. The number of hydrogen-bond acceptors (Lipinski definition) is 6. The highest BCUT2D eigenvalue weighted by Gasteiger charge is 2.18. The molecule has 0 saturated carbocycles. The molecule has 138 valence electrons. The van der Waals surface area contributed by atoms with Crippen LogP contribution in [0.15, 0.2) is 48.5 Å². The van der Waals surface area contributed by atoms with Crippen molar-refractivity contribution in [1.82, 2.24) is 0 Å². The van der Waals surface area contributed by atoms with E-state index in [2.05, 4.69) is 5.32 Å². The van der Waals surface area contributed by atoms with Crippen LogP contribution in [0.3, 0.4) is 0 Å². The predicted octanol–water partition coefficient (Wildman–Crippen LogP) is 2.71. The van der Waals surface area contributed by atoms with Gasteiger partial charge in [0.1, 0.15) is 5.75 Å². The van der Waals surface area contributed by atoms with Gasteiger partial charge in [0.05, 0.1) is 11.6 Å². The molecule has 0 saturated heterocycles. The maximum absolute atomic E-state index is 12.1. The average molecular weight is 366 g/mol. The molecule has 0 aliphatic carbocycles. The summed E-state index contributed by atoms with van der Waals surface area (Å²) in [4.78, 5) is 35.1. The van der Waals surface area contributed by atoms with E-state index in [1.807, 2.05) is 6.07 Å². The lowest BCUT2D eigenvalue weighted by molar-refractivity contribution is -0.155. The Balaban J connectivity index is 1.82. The van der Waals surface area contributed by atoms with Gasteiger partial charge in [-0.15, -0.1) is 0 Å². The van der Waals surface area contributed by atoms with Crippen molar-refractivity contribution in [3.8, 4) is 11.8 Å². The van der Waals surface area contributed by atoms with Gasteiger partial charge in [-0.2, -0.15) is 5.26 Å². The third-order valence-electron chi connectivity index (χ3n) is 3.55. The number of ether oxygens (including phenoxy) is 2. The number of rotatable bonds is 7. The highest BCUT2D eigenvalue weighted by molar-refractivity contribution is 5.95. The zero-order chi connectivity index (χ0) is 19.8. The fraction of sp³-hybridized carbons (Fsp3) is 0.200. The second kappa shape index (κ2) is 9.15. The Morgan fingerprint density at radius 2 is 1.85 bits per heavy atom. The molecule has 2 aromatic rings. The van der Waals surface area contributed by atoms with Gasteiger partial charge in [0, 0.05) is 11.3 Å². The Labute approximate surface area is 156 Å². The number of esters is 1. The molecule has 27 heavy (non-hydrogen) atoms. The van der Waals surface area contributed by atoms with E-state index in [0.717, 1.165) is 0 Å². The van der Waals surface area contributed by atoms with E-state index in [4.69, 9.17) is 14.7 Å². The number of carbonyl (C=O) groups is 3. The lowest BCUT2D eigenvalue weighted by Crippen LogP contribution is -2.31. The molecule has 0 heterocycles. The first kappa shape index (κ1) is 19.7. The third-order valence-corrected chi connectivity index (χ3v) is 3.55. The van der Waals surface area contributed by atoms with Crippen molar-refractivity contribution in [2.24, 2.45) is 0 Å². The standard InChI is InChI=1S/C20H18N2O5/c1-13(23)16-6-8-18(9-7-16)26-12-19(24)27-14(2)20(25)22-17-5-3-4-15(10-17)11-21/h3-10,14H,12H2,1-2H3,(H,22,25)/t14-/m0/s1. The van der Waals surface area contributed by atoms with Crippen molar-refractivity contribution in [3.63, 3.8) is 0 Å². The SMILES string of the molecule is CC(=O)c1ccc(OCC(=O)O[C@@H](C)C(=O)Nc2cccc(C#N)c2)cc1. The fourth-order valence-electron chi connectivity index (χ4n) is 2.12. The van der Waals surface area contributed by atoms with Gasteiger partial charge in [-0.25, -0.2) is 4.79 Å². The molecule has 7 heteroatoms. The number of nitriles is 1. The maximum Gasteiger partial charge on any atom is 0.344 e. The smallest absolute Gasteiger partial charge is 0.344 e. The van der Waals surface area contributed by atoms with E-state index in [1.165, 1.54) is 19.9 Å². The summed E-state index contributed by atoms with van der Waals surface area (Å²) in [7, 11) is 0. The lowest BCUT2D eigenvalue weighted by Gasteiger charge is -2.14. The first-order chi connectivity index (χ1) is 12.9. The summed E-state index contributed by atoms with van der Waals surface area (Å²) in [5.41, 5.74) is 1.38. The van der Waals surface area contributed by atoms with Crippen molar-refractivity contribution < 1.29 is 23.9 Å². The van der Waals surface area contributed by atoms with Crippen LogP contribution < -0.4 is 10.1 Å². The highest BCUT2D eigenvalue weighted by Crippen LogP contribution is 2.13. The molecule has 0 aromatic heterocycles. The summed E-state index contributed by atoms with van der Waals surface area (Å²) in [5.74, 6) is -0.896. The Morgan fingerprint density at radius 1 is 1.15 bits per heavy atom. The molecule has 1 amide bonds. The number of carbonyl (C=O) groups excluding carboxylic acids is 3. The molecule has 0 unspecified atom stereocenters. The first-order valence-electron chi connectivity index (χ1n) is 8.13. The number of Topliss-reactive ketones (excluding diaryl/α,β-unsaturated/α-hetero) is 1. The fourth-order valence-corrected chi connectivity index (χ4v) is 2.12. The molecule has 2 rings (SSSR count). The van der Waals surface area contributed by atoms with Crippen molar-refractivity contribution in [3.05, 3.63) is 59.7 Å². The molecule has 2 aromatic carbocycles. The Hall–Kier alpha value is -3.66. The minimum atomic E-state index is -1.04. The van der Waals surface area contributed by atoms with Crippen LogP contribution in [0.25, 0.3) is 0 Å².